The van der Waals surface area contributed by atoms with Crippen molar-refractivity contribution in [3.05, 3.63) is 77.1 Å². The number of nitrogens with zero attached hydrogens (tertiary/aromatic N) is 5. The van der Waals surface area contributed by atoms with Gasteiger partial charge in [-0.1, -0.05) is 30.0 Å². The summed E-state index contributed by atoms with van der Waals surface area (Å²) in [5.74, 6) is 0.476. The van der Waals surface area contributed by atoms with Crippen LogP contribution in [-0.2, 0) is 11.3 Å². The lowest BCUT2D eigenvalue weighted by atomic mass is 10.1. The molecule has 4 rings (SSSR count). The van der Waals surface area contributed by atoms with Crippen molar-refractivity contribution in [2.24, 2.45) is 0 Å². The average molecular weight is 433 g/mol. The summed E-state index contributed by atoms with van der Waals surface area (Å²) in [6.07, 6.45) is 2.34. The molecule has 0 saturated heterocycles. The molecular formula is C22H19N5O3S. The first-order chi connectivity index (χ1) is 15.0. The third-order valence-electron chi connectivity index (χ3n) is 4.88. The van der Waals surface area contributed by atoms with Crippen LogP contribution >= 0.6 is 11.8 Å². The van der Waals surface area contributed by atoms with Crippen molar-refractivity contribution in [3.8, 4) is 0 Å². The molecular weight excluding hydrogens is 414 g/mol. The summed E-state index contributed by atoms with van der Waals surface area (Å²) in [6.45, 7) is 4.02. The fraction of sp³-hybridized carbons (Fsp3) is 0.136. The van der Waals surface area contributed by atoms with Gasteiger partial charge in [0.05, 0.1) is 16.7 Å². The molecule has 2 aromatic carbocycles. The first kappa shape index (κ1) is 20.5. The van der Waals surface area contributed by atoms with Crippen molar-refractivity contribution in [1.29, 1.82) is 0 Å². The molecule has 0 radical (unpaired) electrons. The highest BCUT2D eigenvalue weighted by Crippen LogP contribution is 2.23. The van der Waals surface area contributed by atoms with Crippen LogP contribution in [0, 0.1) is 0 Å². The van der Waals surface area contributed by atoms with Gasteiger partial charge in [-0.2, -0.15) is 0 Å². The maximum absolute atomic E-state index is 12.8. The molecule has 0 spiro atoms. The number of thioether (sulfide) groups is 1. The maximum atomic E-state index is 12.8. The number of hydrogen-bond donors (Lipinski definition) is 0. The molecule has 2 heterocycles. The van der Waals surface area contributed by atoms with Crippen LogP contribution in [0.5, 0.6) is 0 Å². The quantitative estimate of drug-likeness (QED) is 0.184. The molecule has 0 N–H and O–H groups in total. The van der Waals surface area contributed by atoms with Gasteiger partial charge in [0.1, 0.15) is 0 Å². The van der Waals surface area contributed by atoms with Gasteiger partial charge in [-0.3, -0.25) is 23.4 Å². The molecule has 0 fully saturated rings. The lowest BCUT2D eigenvalue weighted by Gasteiger charge is -2.11. The van der Waals surface area contributed by atoms with Crippen LogP contribution in [0.3, 0.4) is 0 Å². The summed E-state index contributed by atoms with van der Waals surface area (Å²) in [6, 6.07) is 14.1. The highest BCUT2D eigenvalue weighted by molar-refractivity contribution is 7.99. The predicted molar refractivity (Wildman–Crippen MR) is 121 cm³/mol. The minimum Gasteiger partial charge on any atom is -0.318 e. The molecule has 0 atom stereocenters. The Morgan fingerprint density at radius 1 is 1.16 bits per heavy atom. The molecule has 0 aliphatic carbocycles. The number of Topliss-reactive ketones (excluding diaryl/α,β-unsaturated/α-hetero) is 1. The van der Waals surface area contributed by atoms with E-state index in [1.54, 1.807) is 53.9 Å². The minimum atomic E-state index is -0.164. The van der Waals surface area contributed by atoms with Gasteiger partial charge in [-0.05, 0) is 36.4 Å². The molecule has 9 heteroatoms. The SMILES string of the molecule is C=CCn1c(=O)c2ccccc2n2c(SCC(=O)c3ccc(N(C)C=O)cc3)nnc12. The molecule has 8 nitrogen and oxygen atoms in total. The fourth-order valence-electron chi connectivity index (χ4n) is 3.28. The molecule has 4 aromatic rings. The second-order valence-electron chi connectivity index (χ2n) is 6.81. The van der Waals surface area contributed by atoms with Crippen LogP contribution in [-0.4, -0.2) is 44.2 Å². The maximum Gasteiger partial charge on any atom is 0.263 e. The van der Waals surface area contributed by atoms with Crippen LogP contribution < -0.4 is 10.5 Å². The number of anilines is 1. The molecule has 1 amide bonds. The monoisotopic (exact) mass is 433 g/mol. The van der Waals surface area contributed by atoms with Gasteiger partial charge in [0.25, 0.3) is 5.56 Å². The van der Waals surface area contributed by atoms with Gasteiger partial charge in [0, 0.05) is 24.8 Å². The molecule has 0 aliphatic heterocycles. The zero-order valence-electron chi connectivity index (χ0n) is 16.8. The van der Waals surface area contributed by atoms with Crippen molar-refractivity contribution >= 4 is 46.3 Å². The Balaban J connectivity index is 1.66. The Morgan fingerprint density at radius 2 is 1.90 bits per heavy atom. The number of para-hydroxylation sites is 1. The van der Waals surface area contributed by atoms with Gasteiger partial charge in [-0.15, -0.1) is 16.8 Å². The van der Waals surface area contributed by atoms with E-state index in [2.05, 4.69) is 16.8 Å². The van der Waals surface area contributed by atoms with E-state index in [0.29, 0.717) is 46.0 Å². The number of rotatable bonds is 8. The zero-order chi connectivity index (χ0) is 22.0. The Hall–Kier alpha value is -3.72. The van der Waals surface area contributed by atoms with Crippen LogP contribution in [0.25, 0.3) is 16.7 Å². The van der Waals surface area contributed by atoms with Gasteiger partial charge >= 0.3 is 0 Å². The number of hydrogen-bond acceptors (Lipinski definition) is 6. The molecule has 156 valence electrons. The topological polar surface area (TPSA) is 89.6 Å². The van der Waals surface area contributed by atoms with E-state index in [9.17, 15) is 14.4 Å². The summed E-state index contributed by atoms with van der Waals surface area (Å²) in [4.78, 5) is 37.8. The van der Waals surface area contributed by atoms with E-state index in [1.165, 1.54) is 21.2 Å². The van der Waals surface area contributed by atoms with Gasteiger partial charge in [0.15, 0.2) is 10.9 Å². The second-order valence-corrected chi connectivity index (χ2v) is 7.76. The standard InChI is InChI=1S/C22H19N5O3S/c1-3-12-26-20(30)17-6-4-5-7-18(17)27-21(26)23-24-22(27)31-13-19(29)15-8-10-16(11-9-15)25(2)14-28/h3-11,14H,1,12-13H2,2H3. The van der Waals surface area contributed by atoms with Gasteiger partial charge < -0.3 is 4.90 Å². The second kappa shape index (κ2) is 8.57. The third kappa shape index (κ3) is 3.75. The summed E-state index contributed by atoms with van der Waals surface area (Å²) in [5, 5.41) is 9.49. The summed E-state index contributed by atoms with van der Waals surface area (Å²) in [5.41, 5.74) is 1.76. The number of fused-ring (bicyclic) bond motifs is 3. The Morgan fingerprint density at radius 3 is 2.61 bits per heavy atom. The summed E-state index contributed by atoms with van der Waals surface area (Å²) < 4.78 is 3.30. The molecule has 2 aromatic heterocycles. The van der Waals surface area contributed by atoms with Crippen LogP contribution in [0.15, 0.2) is 71.1 Å². The predicted octanol–water partition coefficient (Wildman–Crippen LogP) is 2.80. The van der Waals surface area contributed by atoms with Crippen molar-refractivity contribution in [2.75, 3.05) is 17.7 Å². The fourth-order valence-corrected chi connectivity index (χ4v) is 4.11. The lowest BCUT2D eigenvalue weighted by molar-refractivity contribution is -0.107. The third-order valence-corrected chi connectivity index (χ3v) is 5.81. The zero-order valence-corrected chi connectivity index (χ0v) is 17.6. The number of carbonyl (C=O) groups is 2. The smallest absolute Gasteiger partial charge is 0.263 e. The summed E-state index contributed by atoms with van der Waals surface area (Å²) >= 11 is 1.25. The number of allylic oxidation sites excluding steroid dienone is 1. The van der Waals surface area contributed by atoms with Crippen molar-refractivity contribution in [2.45, 2.75) is 11.7 Å². The van der Waals surface area contributed by atoms with Crippen LogP contribution in [0.2, 0.25) is 0 Å². The largest absolute Gasteiger partial charge is 0.318 e. The Labute approximate surface area is 181 Å². The van der Waals surface area contributed by atoms with E-state index >= 15 is 0 Å². The Kier molecular flexibility index (Phi) is 5.68. The van der Waals surface area contributed by atoms with E-state index in [1.807, 2.05) is 12.1 Å². The van der Waals surface area contributed by atoms with Crippen LogP contribution in [0.1, 0.15) is 10.4 Å². The first-order valence-electron chi connectivity index (χ1n) is 9.47. The molecule has 31 heavy (non-hydrogen) atoms. The molecule has 0 aliphatic rings. The molecule has 0 saturated carbocycles. The van der Waals surface area contributed by atoms with Crippen molar-refractivity contribution in [3.63, 3.8) is 0 Å². The highest BCUT2D eigenvalue weighted by atomic mass is 32.2. The normalized spacial score (nSPS) is 11.0. The van der Waals surface area contributed by atoms with E-state index in [0.717, 1.165) is 0 Å². The summed E-state index contributed by atoms with van der Waals surface area (Å²) in [7, 11) is 1.65. The molecule has 0 bridgehead atoms. The van der Waals surface area contributed by atoms with Crippen LogP contribution in [0.4, 0.5) is 5.69 Å². The number of carbonyl (C=O) groups excluding carboxylic acids is 2. The first-order valence-corrected chi connectivity index (χ1v) is 10.5. The number of benzene rings is 2. The van der Waals surface area contributed by atoms with Gasteiger partial charge in [-0.25, -0.2) is 0 Å². The number of ketones is 1. The lowest BCUT2D eigenvalue weighted by Crippen LogP contribution is -2.22. The minimum absolute atomic E-state index is 0.0780. The van der Waals surface area contributed by atoms with E-state index < -0.39 is 0 Å². The molecule has 0 unspecified atom stereocenters. The van der Waals surface area contributed by atoms with Gasteiger partial charge in [0.2, 0.25) is 12.2 Å². The van der Waals surface area contributed by atoms with E-state index in [-0.39, 0.29) is 17.1 Å². The highest BCUT2D eigenvalue weighted by Gasteiger charge is 2.17. The average Bonchev–Trinajstić information content (AvgIpc) is 3.23. The number of aromatic nitrogens is 4. The number of amides is 1. The Bertz CT molecular complexity index is 1360. The van der Waals surface area contributed by atoms with Crippen molar-refractivity contribution in [1.82, 2.24) is 19.2 Å². The van der Waals surface area contributed by atoms with E-state index in [4.69, 9.17) is 0 Å². The van der Waals surface area contributed by atoms with Crippen molar-refractivity contribution < 1.29 is 9.59 Å².